The van der Waals surface area contributed by atoms with Gasteiger partial charge in [0.25, 0.3) is 5.56 Å². The molecule has 2 rings (SSSR count). The van der Waals surface area contributed by atoms with Crippen LogP contribution < -0.4 is 5.56 Å². The molecule has 0 aromatic carbocycles. The summed E-state index contributed by atoms with van der Waals surface area (Å²) >= 11 is 5.90. The maximum absolute atomic E-state index is 11.7. The van der Waals surface area contributed by atoms with E-state index in [9.17, 15) is 9.59 Å². The summed E-state index contributed by atoms with van der Waals surface area (Å²) in [6.45, 7) is 0. The van der Waals surface area contributed by atoms with Gasteiger partial charge < -0.3 is 9.72 Å². The highest BCUT2D eigenvalue weighted by Crippen LogP contribution is 2.18. The SMILES string of the molecule is COC(=O)Cc1cc2c(Cl)nccc2[nH]c1=O. The van der Waals surface area contributed by atoms with E-state index in [-0.39, 0.29) is 17.1 Å². The molecule has 0 unspecified atom stereocenters. The number of halogens is 1. The number of aromatic nitrogens is 2. The topological polar surface area (TPSA) is 72.0 Å². The number of hydrogen-bond donors (Lipinski definition) is 1. The Bertz CT molecular complexity index is 636. The highest BCUT2D eigenvalue weighted by molar-refractivity contribution is 6.34. The van der Waals surface area contributed by atoms with Crippen molar-refractivity contribution < 1.29 is 9.53 Å². The third-order valence-corrected chi connectivity index (χ3v) is 2.66. The van der Waals surface area contributed by atoms with Crippen LogP contribution in [0.1, 0.15) is 5.56 Å². The van der Waals surface area contributed by atoms with Crippen molar-refractivity contribution in [3.8, 4) is 0 Å². The number of nitrogens with one attached hydrogen (secondary N) is 1. The van der Waals surface area contributed by atoms with Crippen molar-refractivity contribution in [3.05, 3.63) is 39.4 Å². The quantitative estimate of drug-likeness (QED) is 0.646. The minimum atomic E-state index is -0.477. The van der Waals surface area contributed by atoms with Crippen LogP contribution in [0.5, 0.6) is 0 Å². The molecule has 0 saturated heterocycles. The van der Waals surface area contributed by atoms with Crippen LogP contribution in [0, 0.1) is 0 Å². The Kier molecular flexibility index (Phi) is 3.10. The van der Waals surface area contributed by atoms with Crippen molar-refractivity contribution in [1.29, 1.82) is 0 Å². The first-order valence-electron chi connectivity index (χ1n) is 4.85. The van der Waals surface area contributed by atoms with Crippen LogP contribution in [0.25, 0.3) is 10.9 Å². The van der Waals surface area contributed by atoms with Gasteiger partial charge in [-0.05, 0) is 12.1 Å². The van der Waals surface area contributed by atoms with Gasteiger partial charge in [0, 0.05) is 17.1 Å². The lowest BCUT2D eigenvalue weighted by Gasteiger charge is -2.03. The molecule has 88 valence electrons. The number of methoxy groups -OCH3 is 1. The molecule has 2 aromatic rings. The fraction of sp³-hybridized carbons (Fsp3) is 0.182. The number of carbonyl (C=O) groups is 1. The number of nitrogens with zero attached hydrogens (tertiary/aromatic N) is 1. The first-order valence-corrected chi connectivity index (χ1v) is 5.23. The molecule has 0 aliphatic carbocycles. The van der Waals surface area contributed by atoms with E-state index in [1.165, 1.54) is 13.3 Å². The molecule has 0 atom stereocenters. The van der Waals surface area contributed by atoms with E-state index in [2.05, 4.69) is 14.7 Å². The number of ether oxygens (including phenoxy) is 1. The number of H-pyrrole nitrogens is 1. The molecule has 6 heteroatoms. The molecule has 0 bridgehead atoms. The Morgan fingerprint density at radius 2 is 2.35 bits per heavy atom. The van der Waals surface area contributed by atoms with Gasteiger partial charge in [-0.2, -0.15) is 0 Å². The lowest BCUT2D eigenvalue weighted by atomic mass is 10.1. The Hall–Kier alpha value is -1.88. The molecule has 0 fully saturated rings. The van der Waals surface area contributed by atoms with E-state index in [0.717, 1.165) is 0 Å². The molecule has 0 saturated carbocycles. The molecule has 17 heavy (non-hydrogen) atoms. The second kappa shape index (κ2) is 4.55. The maximum atomic E-state index is 11.7. The number of pyridine rings is 2. The van der Waals surface area contributed by atoms with Crippen LogP contribution in [0.2, 0.25) is 5.15 Å². The Morgan fingerprint density at radius 3 is 3.06 bits per heavy atom. The van der Waals surface area contributed by atoms with Gasteiger partial charge in [0.1, 0.15) is 5.15 Å². The van der Waals surface area contributed by atoms with Crippen LogP contribution in [-0.4, -0.2) is 23.0 Å². The molecule has 0 spiro atoms. The lowest BCUT2D eigenvalue weighted by Crippen LogP contribution is -2.17. The Morgan fingerprint density at radius 1 is 1.59 bits per heavy atom. The monoisotopic (exact) mass is 252 g/mol. The normalized spacial score (nSPS) is 10.5. The summed E-state index contributed by atoms with van der Waals surface area (Å²) in [5.74, 6) is -0.477. The van der Waals surface area contributed by atoms with Crippen molar-refractivity contribution in [1.82, 2.24) is 9.97 Å². The molecule has 2 aromatic heterocycles. The average Bonchev–Trinajstić information content (AvgIpc) is 2.31. The van der Waals surface area contributed by atoms with Gasteiger partial charge in [0.05, 0.1) is 19.0 Å². The smallest absolute Gasteiger partial charge is 0.310 e. The maximum Gasteiger partial charge on any atom is 0.310 e. The second-order valence-electron chi connectivity index (χ2n) is 3.44. The first-order chi connectivity index (χ1) is 8.11. The van der Waals surface area contributed by atoms with Crippen LogP contribution >= 0.6 is 11.6 Å². The first kappa shape index (κ1) is 11.6. The van der Waals surface area contributed by atoms with Gasteiger partial charge in [-0.15, -0.1) is 0 Å². The number of hydrogen-bond acceptors (Lipinski definition) is 4. The zero-order chi connectivity index (χ0) is 12.4. The molecule has 0 aliphatic heterocycles. The summed E-state index contributed by atoms with van der Waals surface area (Å²) in [5, 5.41) is 0.887. The standard InChI is InChI=1S/C11H9ClN2O3/c1-17-9(15)5-6-4-7-8(14-11(6)16)2-3-13-10(7)12/h2-4H,5H2,1H3,(H,14,16). The molecule has 1 N–H and O–H groups in total. The van der Waals surface area contributed by atoms with Crippen molar-refractivity contribution in [3.63, 3.8) is 0 Å². The molecule has 5 nitrogen and oxygen atoms in total. The lowest BCUT2D eigenvalue weighted by molar-refractivity contribution is -0.139. The van der Waals surface area contributed by atoms with Gasteiger partial charge in [0.15, 0.2) is 0 Å². The zero-order valence-electron chi connectivity index (χ0n) is 8.99. The van der Waals surface area contributed by atoms with E-state index in [4.69, 9.17) is 11.6 Å². The van der Waals surface area contributed by atoms with Crippen molar-refractivity contribution >= 4 is 28.5 Å². The molecule has 0 radical (unpaired) electrons. The van der Waals surface area contributed by atoms with E-state index in [1.807, 2.05) is 0 Å². The molecular formula is C11H9ClN2O3. The number of rotatable bonds is 2. The van der Waals surface area contributed by atoms with Gasteiger partial charge in [-0.25, -0.2) is 4.98 Å². The number of carbonyl (C=O) groups excluding carboxylic acids is 1. The van der Waals surface area contributed by atoms with Crippen LogP contribution in [0.15, 0.2) is 23.1 Å². The predicted molar refractivity (Wildman–Crippen MR) is 63.1 cm³/mol. The third-order valence-electron chi connectivity index (χ3n) is 2.36. The van der Waals surface area contributed by atoms with E-state index in [1.54, 1.807) is 12.1 Å². The zero-order valence-corrected chi connectivity index (χ0v) is 9.75. The van der Waals surface area contributed by atoms with Crippen molar-refractivity contribution in [2.45, 2.75) is 6.42 Å². The van der Waals surface area contributed by atoms with E-state index >= 15 is 0 Å². The largest absolute Gasteiger partial charge is 0.469 e. The van der Waals surface area contributed by atoms with Crippen molar-refractivity contribution in [2.75, 3.05) is 7.11 Å². The fourth-order valence-corrected chi connectivity index (χ4v) is 1.71. The van der Waals surface area contributed by atoms with Crippen LogP contribution in [-0.2, 0) is 16.0 Å². The second-order valence-corrected chi connectivity index (χ2v) is 3.80. The van der Waals surface area contributed by atoms with Gasteiger partial charge in [-0.3, -0.25) is 9.59 Å². The summed E-state index contributed by atoms with van der Waals surface area (Å²) < 4.78 is 4.51. The number of fused-ring (bicyclic) bond motifs is 1. The number of aromatic amines is 1. The summed E-state index contributed by atoms with van der Waals surface area (Å²) in [4.78, 5) is 29.3. The highest BCUT2D eigenvalue weighted by Gasteiger charge is 2.10. The Balaban J connectivity index is 2.58. The van der Waals surface area contributed by atoms with Crippen molar-refractivity contribution in [2.24, 2.45) is 0 Å². The fourth-order valence-electron chi connectivity index (χ4n) is 1.50. The number of esters is 1. The van der Waals surface area contributed by atoms with Crippen LogP contribution in [0.4, 0.5) is 0 Å². The summed E-state index contributed by atoms with van der Waals surface area (Å²) in [7, 11) is 1.27. The van der Waals surface area contributed by atoms with Gasteiger partial charge in [0.2, 0.25) is 0 Å². The highest BCUT2D eigenvalue weighted by atomic mass is 35.5. The summed E-state index contributed by atoms with van der Waals surface area (Å²) in [6, 6.07) is 3.20. The third kappa shape index (κ3) is 2.29. The molecule has 2 heterocycles. The minimum absolute atomic E-state index is 0.0903. The van der Waals surface area contributed by atoms with Gasteiger partial charge in [-0.1, -0.05) is 11.6 Å². The predicted octanol–water partition coefficient (Wildman–Crippen LogP) is 1.29. The van der Waals surface area contributed by atoms with Crippen LogP contribution in [0.3, 0.4) is 0 Å². The van der Waals surface area contributed by atoms with E-state index in [0.29, 0.717) is 16.5 Å². The summed E-state index contributed by atoms with van der Waals surface area (Å²) in [5.41, 5.74) is 0.563. The summed E-state index contributed by atoms with van der Waals surface area (Å²) in [6.07, 6.45) is 1.41. The minimum Gasteiger partial charge on any atom is -0.469 e. The molecule has 0 amide bonds. The molecular weight excluding hydrogens is 244 g/mol. The van der Waals surface area contributed by atoms with Gasteiger partial charge >= 0.3 is 5.97 Å². The molecule has 0 aliphatic rings. The van der Waals surface area contributed by atoms with E-state index < -0.39 is 5.97 Å². The Labute approximate surface area is 101 Å². The average molecular weight is 253 g/mol.